The normalized spacial score (nSPS) is 11.6. The number of aryl methyl sites for hydroxylation is 1. The maximum absolute atomic E-state index is 5.68. The van der Waals surface area contributed by atoms with Gasteiger partial charge in [-0.25, -0.2) is 0 Å². The van der Waals surface area contributed by atoms with Crippen molar-refractivity contribution in [2.45, 2.75) is 32.8 Å². The molecule has 0 aliphatic carbocycles. The molecule has 0 amide bonds. The molecule has 0 saturated heterocycles. The largest absolute Gasteiger partial charge is 0.486 e. The molecule has 0 N–H and O–H groups in total. The van der Waals surface area contributed by atoms with E-state index in [0.29, 0.717) is 6.61 Å². The molecule has 2 rings (SSSR count). The Morgan fingerprint density at radius 2 is 1.83 bits per heavy atom. The Bertz CT molecular complexity index is 509. The predicted octanol–water partition coefficient (Wildman–Crippen LogP) is 2.69. The van der Waals surface area contributed by atoms with Crippen molar-refractivity contribution in [3.8, 4) is 5.75 Å². The lowest BCUT2D eigenvalue weighted by molar-refractivity contribution is 0.291. The van der Waals surface area contributed by atoms with Crippen LogP contribution in [0.25, 0.3) is 0 Å². The highest BCUT2D eigenvalue weighted by Gasteiger charge is 2.13. The second-order valence-corrected chi connectivity index (χ2v) is 5.42. The third-order valence-electron chi connectivity index (χ3n) is 2.89. The maximum Gasteiger partial charge on any atom is 0.170 e. The van der Waals surface area contributed by atoms with Crippen LogP contribution in [-0.4, -0.2) is 14.8 Å². The Hall–Kier alpha value is -1.84. The average molecular weight is 245 g/mol. The lowest BCUT2D eigenvalue weighted by atomic mass is 9.87. The predicted molar refractivity (Wildman–Crippen MR) is 70.5 cm³/mol. The molecule has 0 atom stereocenters. The molecule has 0 unspecified atom stereocenters. The first kappa shape index (κ1) is 12.6. The minimum absolute atomic E-state index is 0.169. The van der Waals surface area contributed by atoms with E-state index in [2.05, 4.69) is 43.1 Å². The molecule has 4 heteroatoms. The molecule has 0 aliphatic rings. The van der Waals surface area contributed by atoms with Gasteiger partial charge >= 0.3 is 0 Å². The molecule has 2 aromatic rings. The summed E-state index contributed by atoms with van der Waals surface area (Å²) in [5.74, 6) is 1.67. The van der Waals surface area contributed by atoms with E-state index in [9.17, 15) is 0 Å². The van der Waals surface area contributed by atoms with Crippen molar-refractivity contribution in [1.82, 2.24) is 14.8 Å². The van der Waals surface area contributed by atoms with E-state index in [1.165, 1.54) is 5.56 Å². The van der Waals surface area contributed by atoms with Gasteiger partial charge in [0.05, 0.1) is 0 Å². The summed E-state index contributed by atoms with van der Waals surface area (Å²) < 4.78 is 7.53. The first-order chi connectivity index (χ1) is 8.47. The van der Waals surface area contributed by atoms with E-state index >= 15 is 0 Å². The minimum Gasteiger partial charge on any atom is -0.486 e. The highest BCUT2D eigenvalue weighted by molar-refractivity contribution is 5.31. The number of aromatic nitrogens is 3. The monoisotopic (exact) mass is 245 g/mol. The zero-order chi connectivity index (χ0) is 13.2. The smallest absolute Gasteiger partial charge is 0.170 e. The minimum atomic E-state index is 0.169. The highest BCUT2D eigenvalue weighted by Crippen LogP contribution is 2.24. The van der Waals surface area contributed by atoms with E-state index < -0.39 is 0 Å². The fourth-order valence-electron chi connectivity index (χ4n) is 1.64. The lowest BCUT2D eigenvalue weighted by Crippen LogP contribution is -2.10. The molecule has 96 valence electrons. The SMILES string of the molecule is Cn1cnnc1COc1ccc(C(C)(C)C)cc1. The van der Waals surface area contributed by atoms with Crippen LogP contribution in [0, 0.1) is 0 Å². The number of ether oxygens (including phenoxy) is 1. The van der Waals surface area contributed by atoms with Crippen LogP contribution in [0.1, 0.15) is 32.2 Å². The highest BCUT2D eigenvalue weighted by atomic mass is 16.5. The number of rotatable bonds is 3. The van der Waals surface area contributed by atoms with Gasteiger partial charge < -0.3 is 9.30 Å². The Balaban J connectivity index is 2.01. The summed E-state index contributed by atoms with van der Waals surface area (Å²) in [6, 6.07) is 8.20. The number of benzene rings is 1. The zero-order valence-corrected chi connectivity index (χ0v) is 11.3. The van der Waals surface area contributed by atoms with Crippen molar-refractivity contribution < 1.29 is 4.74 Å². The van der Waals surface area contributed by atoms with Gasteiger partial charge in [0.15, 0.2) is 5.82 Å². The van der Waals surface area contributed by atoms with Gasteiger partial charge in [-0.15, -0.1) is 10.2 Å². The Morgan fingerprint density at radius 3 is 2.33 bits per heavy atom. The summed E-state index contributed by atoms with van der Waals surface area (Å²) in [5.41, 5.74) is 1.47. The maximum atomic E-state index is 5.68. The molecule has 4 nitrogen and oxygen atoms in total. The first-order valence-corrected chi connectivity index (χ1v) is 6.03. The van der Waals surface area contributed by atoms with Gasteiger partial charge in [-0.3, -0.25) is 0 Å². The molecule has 1 aromatic heterocycles. The summed E-state index contributed by atoms with van der Waals surface area (Å²) in [6.45, 7) is 7.03. The fourth-order valence-corrected chi connectivity index (χ4v) is 1.64. The third kappa shape index (κ3) is 2.88. The molecular formula is C14H19N3O. The third-order valence-corrected chi connectivity index (χ3v) is 2.89. The van der Waals surface area contributed by atoms with Crippen LogP contribution < -0.4 is 4.74 Å². The van der Waals surface area contributed by atoms with Gasteiger partial charge in [0.25, 0.3) is 0 Å². The number of hydrogen-bond donors (Lipinski definition) is 0. The summed E-state index contributed by atoms with van der Waals surface area (Å²) in [4.78, 5) is 0. The lowest BCUT2D eigenvalue weighted by Gasteiger charge is -2.19. The first-order valence-electron chi connectivity index (χ1n) is 6.03. The summed E-state index contributed by atoms with van der Waals surface area (Å²) in [6.07, 6.45) is 1.67. The van der Waals surface area contributed by atoms with Gasteiger partial charge in [0.2, 0.25) is 0 Å². The Morgan fingerprint density at radius 1 is 1.17 bits per heavy atom. The van der Waals surface area contributed by atoms with E-state index in [4.69, 9.17) is 4.74 Å². The standard InChI is InChI=1S/C14H19N3O/c1-14(2,3)11-5-7-12(8-6-11)18-9-13-16-15-10-17(13)4/h5-8,10H,9H2,1-4H3. The Labute approximate surface area is 108 Å². The van der Waals surface area contributed by atoms with Gasteiger partial charge in [0.1, 0.15) is 18.7 Å². The molecule has 0 aliphatic heterocycles. The number of hydrogen-bond acceptors (Lipinski definition) is 3. The van der Waals surface area contributed by atoms with Crippen molar-refractivity contribution >= 4 is 0 Å². The average Bonchev–Trinajstić information content (AvgIpc) is 2.72. The van der Waals surface area contributed by atoms with E-state index in [-0.39, 0.29) is 5.41 Å². The van der Waals surface area contributed by atoms with E-state index in [0.717, 1.165) is 11.6 Å². The second-order valence-electron chi connectivity index (χ2n) is 5.42. The van der Waals surface area contributed by atoms with Crippen molar-refractivity contribution in [1.29, 1.82) is 0 Å². The van der Waals surface area contributed by atoms with Crippen LogP contribution in [0.4, 0.5) is 0 Å². The zero-order valence-electron chi connectivity index (χ0n) is 11.3. The molecule has 18 heavy (non-hydrogen) atoms. The fraction of sp³-hybridized carbons (Fsp3) is 0.429. The summed E-state index contributed by atoms with van der Waals surface area (Å²) >= 11 is 0. The molecule has 1 aromatic carbocycles. The van der Waals surface area contributed by atoms with E-state index in [1.807, 2.05) is 23.7 Å². The van der Waals surface area contributed by atoms with Gasteiger partial charge in [0, 0.05) is 7.05 Å². The molecule has 0 bridgehead atoms. The van der Waals surface area contributed by atoms with Crippen molar-refractivity contribution in [3.63, 3.8) is 0 Å². The van der Waals surface area contributed by atoms with Crippen LogP contribution in [0.2, 0.25) is 0 Å². The van der Waals surface area contributed by atoms with E-state index in [1.54, 1.807) is 6.33 Å². The second kappa shape index (κ2) is 4.80. The van der Waals surface area contributed by atoms with Crippen LogP contribution in [0.15, 0.2) is 30.6 Å². The van der Waals surface area contributed by atoms with Crippen LogP contribution in [0.5, 0.6) is 5.75 Å². The Kier molecular flexibility index (Phi) is 3.36. The quantitative estimate of drug-likeness (QED) is 0.834. The van der Waals surface area contributed by atoms with Gasteiger partial charge in [-0.2, -0.15) is 0 Å². The molecule has 1 heterocycles. The van der Waals surface area contributed by atoms with Gasteiger partial charge in [-0.05, 0) is 23.1 Å². The van der Waals surface area contributed by atoms with Crippen LogP contribution >= 0.6 is 0 Å². The summed E-state index contributed by atoms with van der Waals surface area (Å²) in [5, 5.41) is 7.79. The van der Waals surface area contributed by atoms with Crippen LogP contribution in [0.3, 0.4) is 0 Å². The molecular weight excluding hydrogens is 226 g/mol. The summed E-state index contributed by atoms with van der Waals surface area (Å²) in [7, 11) is 1.90. The van der Waals surface area contributed by atoms with Crippen molar-refractivity contribution in [2.75, 3.05) is 0 Å². The van der Waals surface area contributed by atoms with Gasteiger partial charge in [-0.1, -0.05) is 32.9 Å². The van der Waals surface area contributed by atoms with Crippen molar-refractivity contribution in [2.24, 2.45) is 7.05 Å². The molecule has 0 saturated carbocycles. The topological polar surface area (TPSA) is 39.9 Å². The number of nitrogens with zero attached hydrogens (tertiary/aromatic N) is 3. The van der Waals surface area contributed by atoms with Crippen molar-refractivity contribution in [3.05, 3.63) is 42.0 Å². The van der Waals surface area contributed by atoms with Crippen LogP contribution in [-0.2, 0) is 19.1 Å². The molecule has 0 fully saturated rings. The molecule has 0 spiro atoms. The molecule has 0 radical (unpaired) electrons.